The average molecular weight is 268 g/mol. The van der Waals surface area contributed by atoms with Gasteiger partial charge in [-0.2, -0.15) is 0 Å². The van der Waals surface area contributed by atoms with Crippen molar-refractivity contribution in [2.75, 3.05) is 6.54 Å². The zero-order valence-corrected chi connectivity index (χ0v) is 13.0. The van der Waals surface area contributed by atoms with E-state index in [1.165, 1.54) is 32.1 Å². The van der Waals surface area contributed by atoms with E-state index in [1.54, 1.807) is 0 Å². The molecule has 1 saturated carbocycles. The minimum atomic E-state index is -0.237. The third-order valence-corrected chi connectivity index (χ3v) is 4.24. The molecule has 3 N–H and O–H groups in total. The van der Waals surface area contributed by atoms with Gasteiger partial charge in [-0.25, -0.2) is 0 Å². The van der Waals surface area contributed by atoms with Crippen LogP contribution in [0.3, 0.4) is 0 Å². The molecule has 1 unspecified atom stereocenters. The van der Waals surface area contributed by atoms with E-state index in [1.807, 2.05) is 0 Å². The van der Waals surface area contributed by atoms with Crippen molar-refractivity contribution in [1.82, 2.24) is 5.32 Å². The molecule has 0 radical (unpaired) electrons. The van der Waals surface area contributed by atoms with Gasteiger partial charge in [-0.3, -0.25) is 4.79 Å². The van der Waals surface area contributed by atoms with Crippen LogP contribution in [0.4, 0.5) is 0 Å². The van der Waals surface area contributed by atoms with Crippen molar-refractivity contribution in [3.8, 4) is 0 Å². The molecule has 0 aromatic heterocycles. The van der Waals surface area contributed by atoms with Crippen molar-refractivity contribution < 1.29 is 4.79 Å². The summed E-state index contributed by atoms with van der Waals surface area (Å²) in [6, 6.07) is 0. The molecule has 0 aliphatic heterocycles. The number of hydrogen-bond donors (Lipinski definition) is 2. The van der Waals surface area contributed by atoms with Crippen LogP contribution in [0.5, 0.6) is 0 Å². The number of rotatable bonds is 8. The molecular weight excluding hydrogens is 236 g/mol. The molecule has 0 bridgehead atoms. The van der Waals surface area contributed by atoms with Crippen LogP contribution >= 0.6 is 0 Å². The highest BCUT2D eigenvalue weighted by molar-refractivity contribution is 5.76. The van der Waals surface area contributed by atoms with E-state index >= 15 is 0 Å². The first-order valence-corrected chi connectivity index (χ1v) is 7.96. The second-order valence-corrected chi connectivity index (χ2v) is 6.95. The van der Waals surface area contributed by atoms with Crippen LogP contribution in [-0.2, 0) is 4.79 Å². The fourth-order valence-corrected chi connectivity index (χ4v) is 3.34. The number of nitrogens with two attached hydrogens (primary N) is 1. The van der Waals surface area contributed by atoms with Crippen molar-refractivity contribution in [3.63, 3.8) is 0 Å². The fourth-order valence-electron chi connectivity index (χ4n) is 3.34. The van der Waals surface area contributed by atoms with Gasteiger partial charge in [-0.05, 0) is 38.0 Å². The maximum Gasteiger partial charge on any atom is 0.220 e. The Balaban J connectivity index is 2.24. The quantitative estimate of drug-likeness (QED) is 0.710. The molecule has 0 aromatic rings. The molecule has 0 aromatic carbocycles. The molecule has 1 aliphatic rings. The Morgan fingerprint density at radius 2 is 2.00 bits per heavy atom. The van der Waals surface area contributed by atoms with Gasteiger partial charge in [0.2, 0.25) is 5.91 Å². The molecule has 0 saturated heterocycles. The predicted octanol–water partition coefficient (Wildman–Crippen LogP) is 3.23. The number of nitrogens with one attached hydrogen (secondary N) is 1. The van der Waals surface area contributed by atoms with E-state index in [4.69, 9.17) is 5.73 Å². The molecule has 1 aliphatic carbocycles. The van der Waals surface area contributed by atoms with E-state index in [-0.39, 0.29) is 11.4 Å². The van der Waals surface area contributed by atoms with Crippen molar-refractivity contribution in [3.05, 3.63) is 0 Å². The molecule has 19 heavy (non-hydrogen) atoms. The van der Waals surface area contributed by atoms with Crippen molar-refractivity contribution in [1.29, 1.82) is 0 Å². The first-order chi connectivity index (χ1) is 8.95. The molecule has 0 heterocycles. The van der Waals surface area contributed by atoms with Gasteiger partial charge in [0.1, 0.15) is 0 Å². The second-order valence-electron chi connectivity index (χ2n) is 6.95. The topological polar surface area (TPSA) is 55.1 Å². The molecule has 1 atom stereocenters. The van der Waals surface area contributed by atoms with Gasteiger partial charge in [-0.15, -0.1) is 0 Å². The van der Waals surface area contributed by atoms with Crippen molar-refractivity contribution in [2.24, 2.45) is 17.6 Å². The normalized spacial score (nSPS) is 19.6. The van der Waals surface area contributed by atoms with Crippen LogP contribution in [0, 0.1) is 11.8 Å². The van der Waals surface area contributed by atoms with Crippen molar-refractivity contribution >= 4 is 5.91 Å². The van der Waals surface area contributed by atoms with Gasteiger partial charge in [0.05, 0.1) is 0 Å². The van der Waals surface area contributed by atoms with Crippen LogP contribution < -0.4 is 11.1 Å². The molecule has 0 spiro atoms. The molecule has 112 valence electrons. The largest absolute Gasteiger partial charge is 0.350 e. The van der Waals surface area contributed by atoms with Crippen LogP contribution in [0.2, 0.25) is 0 Å². The van der Waals surface area contributed by atoms with E-state index in [0.29, 0.717) is 18.9 Å². The lowest BCUT2D eigenvalue weighted by Crippen LogP contribution is -2.52. The summed E-state index contributed by atoms with van der Waals surface area (Å²) in [6.45, 7) is 6.90. The molecule has 1 amide bonds. The van der Waals surface area contributed by atoms with Crippen molar-refractivity contribution in [2.45, 2.75) is 77.7 Å². The molecular formula is C16H32N2O. The Labute approximate surface area is 118 Å². The average Bonchev–Trinajstić information content (AvgIpc) is 2.80. The van der Waals surface area contributed by atoms with E-state index < -0.39 is 0 Å². The third kappa shape index (κ3) is 6.42. The number of amides is 1. The summed E-state index contributed by atoms with van der Waals surface area (Å²) in [6.07, 6.45) is 9.36. The SMILES string of the molecule is CC(C)CC(C)(CN)NC(=O)CCCC1CCCC1. The highest BCUT2D eigenvalue weighted by Gasteiger charge is 2.25. The lowest BCUT2D eigenvalue weighted by molar-refractivity contribution is -0.123. The molecule has 1 rings (SSSR count). The lowest BCUT2D eigenvalue weighted by Gasteiger charge is -2.31. The number of carbonyl (C=O) groups excluding carboxylic acids is 1. The Bertz CT molecular complexity index is 272. The standard InChI is InChI=1S/C16H32N2O/c1-13(2)11-16(3,12-17)18-15(19)10-6-9-14-7-4-5-8-14/h13-14H,4-12,17H2,1-3H3,(H,18,19). The van der Waals surface area contributed by atoms with Crippen LogP contribution in [0.15, 0.2) is 0 Å². The molecule has 1 fully saturated rings. The Morgan fingerprint density at radius 1 is 1.37 bits per heavy atom. The molecule has 3 heteroatoms. The summed E-state index contributed by atoms with van der Waals surface area (Å²) < 4.78 is 0. The van der Waals surface area contributed by atoms with Gasteiger partial charge in [0.25, 0.3) is 0 Å². The fraction of sp³-hybridized carbons (Fsp3) is 0.938. The Hall–Kier alpha value is -0.570. The van der Waals surface area contributed by atoms with Gasteiger partial charge < -0.3 is 11.1 Å². The summed E-state index contributed by atoms with van der Waals surface area (Å²) in [7, 11) is 0. The number of carbonyl (C=O) groups is 1. The summed E-state index contributed by atoms with van der Waals surface area (Å²) >= 11 is 0. The maximum atomic E-state index is 12.0. The molecule has 3 nitrogen and oxygen atoms in total. The smallest absolute Gasteiger partial charge is 0.220 e. The van der Waals surface area contributed by atoms with Crippen LogP contribution in [0.25, 0.3) is 0 Å². The third-order valence-electron chi connectivity index (χ3n) is 4.24. The minimum Gasteiger partial charge on any atom is -0.350 e. The second kappa shape index (κ2) is 7.88. The van der Waals surface area contributed by atoms with E-state index in [9.17, 15) is 4.79 Å². The van der Waals surface area contributed by atoms with Gasteiger partial charge in [-0.1, -0.05) is 39.5 Å². The highest BCUT2D eigenvalue weighted by Crippen LogP contribution is 2.28. The monoisotopic (exact) mass is 268 g/mol. The summed E-state index contributed by atoms with van der Waals surface area (Å²) in [5, 5.41) is 3.14. The highest BCUT2D eigenvalue weighted by atomic mass is 16.1. The predicted molar refractivity (Wildman–Crippen MR) is 80.9 cm³/mol. The van der Waals surface area contributed by atoms with Crippen LogP contribution in [0.1, 0.15) is 72.1 Å². The zero-order chi connectivity index (χ0) is 14.3. The summed E-state index contributed by atoms with van der Waals surface area (Å²) in [5.41, 5.74) is 5.58. The summed E-state index contributed by atoms with van der Waals surface area (Å²) in [4.78, 5) is 12.0. The lowest BCUT2D eigenvalue weighted by atomic mass is 9.90. The zero-order valence-electron chi connectivity index (χ0n) is 13.0. The Morgan fingerprint density at radius 3 is 2.53 bits per heavy atom. The van der Waals surface area contributed by atoms with E-state index in [2.05, 4.69) is 26.1 Å². The maximum absolute atomic E-state index is 12.0. The minimum absolute atomic E-state index is 0.173. The first-order valence-electron chi connectivity index (χ1n) is 7.96. The van der Waals surface area contributed by atoms with Gasteiger partial charge in [0, 0.05) is 18.5 Å². The van der Waals surface area contributed by atoms with E-state index in [0.717, 1.165) is 18.8 Å². The first kappa shape index (κ1) is 16.5. The van der Waals surface area contributed by atoms with Crippen LogP contribution in [-0.4, -0.2) is 18.0 Å². The Kier molecular flexibility index (Phi) is 6.84. The van der Waals surface area contributed by atoms with Gasteiger partial charge >= 0.3 is 0 Å². The number of hydrogen-bond acceptors (Lipinski definition) is 2. The summed E-state index contributed by atoms with van der Waals surface area (Å²) in [5.74, 6) is 1.60. The van der Waals surface area contributed by atoms with Gasteiger partial charge in [0.15, 0.2) is 0 Å².